The first-order valence-electron chi connectivity index (χ1n) is 6.35. The van der Waals surface area contributed by atoms with Crippen LogP contribution in [0, 0.1) is 0 Å². The molecule has 5 nitrogen and oxygen atoms in total. The summed E-state index contributed by atoms with van der Waals surface area (Å²) in [4.78, 5) is 12.0. The van der Waals surface area contributed by atoms with Crippen LogP contribution in [-0.4, -0.2) is 34.2 Å². The molecule has 0 aromatic heterocycles. The molecule has 20 heavy (non-hydrogen) atoms. The second-order valence-electron chi connectivity index (χ2n) is 4.72. The molecule has 0 aliphatic carbocycles. The molecule has 0 amide bonds. The first kappa shape index (κ1) is 15.1. The zero-order chi connectivity index (χ0) is 14.9. The van der Waals surface area contributed by atoms with Crippen LogP contribution >= 0.6 is 11.6 Å². The van der Waals surface area contributed by atoms with E-state index in [1.807, 2.05) is 0 Å². The number of alkyl halides is 1. The smallest absolute Gasteiger partial charge is 0.294 e. The first-order valence-corrected chi connectivity index (χ1v) is 8.28. The summed E-state index contributed by atoms with van der Waals surface area (Å²) in [5, 5.41) is 0. The molecule has 0 saturated carbocycles. The SMILES string of the molecule is CN1c2ccc(C(=O)CCCCCl)cc2N(C)S1(=O)=O. The van der Waals surface area contributed by atoms with Crippen molar-refractivity contribution in [2.45, 2.75) is 19.3 Å². The van der Waals surface area contributed by atoms with Crippen molar-refractivity contribution in [3.05, 3.63) is 23.8 Å². The molecule has 1 aromatic carbocycles. The average Bonchev–Trinajstić information content (AvgIpc) is 2.60. The van der Waals surface area contributed by atoms with Gasteiger partial charge in [-0.3, -0.25) is 13.4 Å². The Morgan fingerprint density at radius 2 is 1.80 bits per heavy atom. The number of hydrogen-bond donors (Lipinski definition) is 0. The topological polar surface area (TPSA) is 57.7 Å². The first-order chi connectivity index (χ1) is 9.39. The minimum absolute atomic E-state index is 0.0123. The van der Waals surface area contributed by atoms with E-state index >= 15 is 0 Å². The summed E-state index contributed by atoms with van der Waals surface area (Å²) >= 11 is 5.58. The van der Waals surface area contributed by atoms with E-state index in [9.17, 15) is 13.2 Å². The average molecular weight is 317 g/mol. The summed E-state index contributed by atoms with van der Waals surface area (Å²) in [6.07, 6.45) is 1.97. The molecule has 1 aliphatic rings. The Hall–Kier alpha value is -1.27. The van der Waals surface area contributed by atoms with Gasteiger partial charge in [0, 0.05) is 32.0 Å². The quantitative estimate of drug-likeness (QED) is 0.476. The number of Topliss-reactive ketones (excluding diaryl/α,β-unsaturated/α-hetero) is 1. The van der Waals surface area contributed by atoms with Crippen molar-refractivity contribution in [3.8, 4) is 0 Å². The van der Waals surface area contributed by atoms with Crippen LogP contribution in [0.1, 0.15) is 29.6 Å². The zero-order valence-corrected chi connectivity index (χ0v) is 13.0. The third-order valence-corrected chi connectivity index (χ3v) is 5.50. The Morgan fingerprint density at radius 1 is 1.15 bits per heavy atom. The molecule has 0 unspecified atom stereocenters. The van der Waals surface area contributed by atoms with Crippen molar-refractivity contribution < 1.29 is 13.2 Å². The predicted octanol–water partition coefficient (Wildman–Crippen LogP) is 2.41. The molecule has 110 valence electrons. The Bertz CT molecular complexity index is 631. The van der Waals surface area contributed by atoms with E-state index in [1.54, 1.807) is 18.2 Å². The van der Waals surface area contributed by atoms with Crippen LogP contribution < -0.4 is 8.61 Å². The minimum atomic E-state index is -3.49. The van der Waals surface area contributed by atoms with Gasteiger partial charge in [-0.2, -0.15) is 8.42 Å². The number of benzene rings is 1. The van der Waals surface area contributed by atoms with Gasteiger partial charge in [0.05, 0.1) is 11.4 Å². The summed E-state index contributed by atoms with van der Waals surface area (Å²) in [6.45, 7) is 0. The molecule has 0 N–H and O–H groups in total. The van der Waals surface area contributed by atoms with Crippen LogP contribution in [0.15, 0.2) is 18.2 Å². The summed E-state index contributed by atoms with van der Waals surface area (Å²) in [5.41, 5.74) is 1.66. The van der Waals surface area contributed by atoms with Crippen molar-refractivity contribution >= 4 is 39.0 Å². The fourth-order valence-electron chi connectivity index (χ4n) is 2.17. The van der Waals surface area contributed by atoms with Gasteiger partial charge in [0.25, 0.3) is 0 Å². The maximum atomic E-state index is 12.0. The third-order valence-electron chi connectivity index (χ3n) is 3.46. The summed E-state index contributed by atoms with van der Waals surface area (Å²) in [7, 11) is -0.503. The van der Waals surface area contributed by atoms with E-state index in [1.165, 1.54) is 22.7 Å². The Labute approximate surface area is 124 Å². The van der Waals surface area contributed by atoms with Gasteiger partial charge in [0.15, 0.2) is 5.78 Å². The summed E-state index contributed by atoms with van der Waals surface area (Å²) in [6, 6.07) is 4.98. The maximum Gasteiger partial charge on any atom is 0.326 e. The molecule has 1 aliphatic heterocycles. The van der Waals surface area contributed by atoms with Gasteiger partial charge >= 0.3 is 10.2 Å². The molecule has 0 atom stereocenters. The monoisotopic (exact) mass is 316 g/mol. The lowest BCUT2D eigenvalue weighted by Gasteiger charge is -2.13. The van der Waals surface area contributed by atoms with Gasteiger partial charge in [0.2, 0.25) is 0 Å². The molecule has 2 rings (SSSR count). The van der Waals surface area contributed by atoms with Crippen molar-refractivity contribution in [2.24, 2.45) is 0 Å². The number of unbranched alkanes of at least 4 members (excludes halogenated alkanes) is 1. The Kier molecular flexibility index (Phi) is 4.25. The lowest BCUT2D eigenvalue weighted by molar-refractivity contribution is 0.0980. The third kappa shape index (κ3) is 2.50. The number of hydrogen-bond acceptors (Lipinski definition) is 3. The Balaban J connectivity index is 2.26. The van der Waals surface area contributed by atoms with Crippen LogP contribution in [0.5, 0.6) is 0 Å². The molecule has 0 radical (unpaired) electrons. The largest absolute Gasteiger partial charge is 0.326 e. The molecule has 1 aromatic rings. The number of rotatable bonds is 5. The van der Waals surface area contributed by atoms with Gasteiger partial charge < -0.3 is 0 Å². The van der Waals surface area contributed by atoms with Gasteiger partial charge in [-0.25, -0.2) is 0 Å². The number of halogens is 1. The molecular formula is C13H17ClN2O3S. The lowest BCUT2D eigenvalue weighted by atomic mass is 10.0. The highest BCUT2D eigenvalue weighted by atomic mass is 35.5. The number of nitrogens with zero attached hydrogens (tertiary/aromatic N) is 2. The summed E-state index contributed by atoms with van der Waals surface area (Å²) < 4.78 is 26.4. The number of carbonyl (C=O) groups is 1. The predicted molar refractivity (Wildman–Crippen MR) is 81.1 cm³/mol. The van der Waals surface area contributed by atoms with E-state index in [2.05, 4.69) is 0 Å². The maximum absolute atomic E-state index is 12.0. The second kappa shape index (κ2) is 5.61. The van der Waals surface area contributed by atoms with Crippen LogP contribution in [0.3, 0.4) is 0 Å². The number of anilines is 2. The highest BCUT2D eigenvalue weighted by Crippen LogP contribution is 2.39. The number of fused-ring (bicyclic) bond motifs is 1. The van der Waals surface area contributed by atoms with Gasteiger partial charge in [0.1, 0.15) is 0 Å². The number of carbonyl (C=O) groups excluding carboxylic acids is 1. The number of ketones is 1. The molecule has 0 fully saturated rings. The molecule has 0 spiro atoms. The lowest BCUT2D eigenvalue weighted by Crippen LogP contribution is -2.32. The van der Waals surface area contributed by atoms with E-state index < -0.39 is 10.2 Å². The molecule has 0 saturated heterocycles. The van der Waals surface area contributed by atoms with E-state index in [0.29, 0.717) is 29.2 Å². The van der Waals surface area contributed by atoms with Gasteiger partial charge in [-0.05, 0) is 31.0 Å². The van der Waals surface area contributed by atoms with Crippen LogP contribution in [0.4, 0.5) is 11.4 Å². The molecular weight excluding hydrogens is 300 g/mol. The molecule has 0 bridgehead atoms. The zero-order valence-electron chi connectivity index (χ0n) is 11.5. The van der Waals surface area contributed by atoms with Crippen LogP contribution in [0.2, 0.25) is 0 Å². The van der Waals surface area contributed by atoms with Crippen LogP contribution in [-0.2, 0) is 10.2 Å². The van der Waals surface area contributed by atoms with E-state index in [-0.39, 0.29) is 5.78 Å². The fourth-order valence-corrected chi connectivity index (χ4v) is 3.53. The van der Waals surface area contributed by atoms with Gasteiger partial charge in [-0.15, -0.1) is 11.6 Å². The Morgan fingerprint density at radius 3 is 2.45 bits per heavy atom. The van der Waals surface area contributed by atoms with Crippen molar-refractivity contribution in [1.82, 2.24) is 0 Å². The highest BCUT2D eigenvalue weighted by molar-refractivity contribution is 7.94. The normalized spacial score (nSPS) is 16.4. The van der Waals surface area contributed by atoms with Crippen molar-refractivity contribution in [2.75, 3.05) is 28.6 Å². The van der Waals surface area contributed by atoms with Gasteiger partial charge in [-0.1, -0.05) is 0 Å². The fraction of sp³-hybridized carbons (Fsp3) is 0.462. The van der Waals surface area contributed by atoms with Crippen LogP contribution in [0.25, 0.3) is 0 Å². The molecule has 7 heteroatoms. The van der Waals surface area contributed by atoms with Crippen molar-refractivity contribution in [1.29, 1.82) is 0 Å². The minimum Gasteiger partial charge on any atom is -0.294 e. The van der Waals surface area contributed by atoms with E-state index in [0.717, 1.165) is 12.8 Å². The summed E-state index contributed by atoms with van der Waals surface area (Å²) in [5.74, 6) is 0.557. The van der Waals surface area contributed by atoms with Crippen molar-refractivity contribution in [3.63, 3.8) is 0 Å². The second-order valence-corrected chi connectivity index (χ2v) is 7.08. The standard InChI is InChI=1S/C13H17ClN2O3S/c1-15-11-7-6-10(13(17)5-3-4-8-14)9-12(11)16(2)20(15,18)19/h6-7,9H,3-5,8H2,1-2H3. The van der Waals surface area contributed by atoms with E-state index in [4.69, 9.17) is 11.6 Å². The molecule has 1 heterocycles. The highest BCUT2D eigenvalue weighted by Gasteiger charge is 2.35.